The number of nitrogens with two attached hydrogens (primary N) is 1. The Kier molecular flexibility index (Phi) is 7.24. The molecule has 0 aliphatic carbocycles. The van der Waals surface area contributed by atoms with E-state index in [1.165, 1.54) is 0 Å². The van der Waals surface area contributed by atoms with Gasteiger partial charge in [0, 0.05) is 17.7 Å². The number of hydrogen-bond donors (Lipinski definition) is 1. The summed E-state index contributed by atoms with van der Waals surface area (Å²) < 4.78 is 11.0. The van der Waals surface area contributed by atoms with E-state index in [1.54, 1.807) is 6.20 Å². The van der Waals surface area contributed by atoms with Crippen molar-refractivity contribution in [2.75, 3.05) is 6.61 Å². The zero-order valence-electron chi connectivity index (χ0n) is 17.0. The number of nitrogens with zero attached hydrogens (tertiary/aromatic N) is 2. The van der Waals surface area contributed by atoms with Crippen LogP contribution >= 0.6 is 11.6 Å². The van der Waals surface area contributed by atoms with Gasteiger partial charge in [0.05, 0.1) is 17.3 Å². The van der Waals surface area contributed by atoms with Crippen molar-refractivity contribution in [3.63, 3.8) is 0 Å². The average Bonchev–Trinajstić information content (AvgIpc) is 2.59. The number of aromatic nitrogens is 2. The number of carbonyl (C=O) groups is 1. The van der Waals surface area contributed by atoms with E-state index in [-0.39, 0.29) is 11.8 Å². The predicted molar refractivity (Wildman–Crippen MR) is 111 cm³/mol. The highest BCUT2D eigenvalue weighted by atomic mass is 35.5. The van der Waals surface area contributed by atoms with E-state index in [4.69, 9.17) is 26.8 Å². The van der Waals surface area contributed by atoms with Crippen molar-refractivity contribution in [2.24, 2.45) is 11.7 Å². The highest BCUT2D eigenvalue weighted by Crippen LogP contribution is 2.31. The Hall–Kier alpha value is -2.34. The molecule has 2 N–H and O–H groups in total. The van der Waals surface area contributed by atoms with Gasteiger partial charge in [0.1, 0.15) is 17.2 Å². The van der Waals surface area contributed by atoms with Crippen LogP contribution in [0.3, 0.4) is 0 Å². The Morgan fingerprint density at radius 1 is 1.25 bits per heavy atom. The molecular weight excluding hydrogens is 378 g/mol. The van der Waals surface area contributed by atoms with Crippen LogP contribution in [0.25, 0.3) is 11.3 Å². The fraction of sp³-hybridized carbons (Fsp3) is 0.476. The third-order valence-corrected chi connectivity index (χ3v) is 4.45. The number of rotatable bonds is 8. The lowest BCUT2D eigenvalue weighted by molar-refractivity contribution is 0.0228. The van der Waals surface area contributed by atoms with Gasteiger partial charge in [0.2, 0.25) is 0 Å². The Bertz CT molecular complexity index is 824. The summed E-state index contributed by atoms with van der Waals surface area (Å²) in [6, 6.07) is 7.47. The van der Waals surface area contributed by atoms with Gasteiger partial charge in [-0.2, -0.15) is 0 Å². The van der Waals surface area contributed by atoms with Gasteiger partial charge in [-0.05, 0) is 50.5 Å². The minimum Gasteiger partial charge on any atom is -0.492 e. The number of carbonyl (C=O) groups excluding carboxylic acids is 1. The molecule has 0 aliphatic heterocycles. The van der Waals surface area contributed by atoms with E-state index < -0.39 is 11.7 Å². The molecule has 1 aromatic heterocycles. The molecule has 1 amide bonds. The number of benzene rings is 1. The van der Waals surface area contributed by atoms with Crippen LogP contribution in [0.15, 0.2) is 30.5 Å². The lowest BCUT2D eigenvalue weighted by Gasteiger charge is -2.27. The van der Waals surface area contributed by atoms with Gasteiger partial charge >= 0.3 is 6.09 Å². The monoisotopic (exact) mass is 405 g/mol. The summed E-state index contributed by atoms with van der Waals surface area (Å²) in [7, 11) is 0. The lowest BCUT2D eigenvalue weighted by atomic mass is 9.95. The minimum atomic E-state index is -0.776. The second-order valence-corrected chi connectivity index (χ2v) is 8.31. The molecule has 0 saturated heterocycles. The van der Waals surface area contributed by atoms with Crippen LogP contribution in [-0.2, 0) is 4.74 Å². The summed E-state index contributed by atoms with van der Waals surface area (Å²) in [6.07, 6.45) is 1.60. The number of hydrogen-bond acceptors (Lipinski definition) is 5. The maximum atomic E-state index is 11.0. The van der Waals surface area contributed by atoms with Crippen molar-refractivity contribution in [3.05, 3.63) is 41.3 Å². The molecule has 0 bridgehead atoms. The molecule has 1 atom stereocenters. The van der Waals surface area contributed by atoms with Gasteiger partial charge in [-0.1, -0.05) is 32.4 Å². The maximum Gasteiger partial charge on any atom is 0.405 e. The Balaban J connectivity index is 2.03. The third kappa shape index (κ3) is 6.37. The Labute approximate surface area is 171 Å². The molecule has 0 unspecified atom stereocenters. The summed E-state index contributed by atoms with van der Waals surface area (Å²) in [5, 5.41) is 0.516. The third-order valence-electron chi connectivity index (χ3n) is 4.16. The van der Waals surface area contributed by atoms with E-state index in [1.807, 2.05) is 45.0 Å². The molecule has 0 spiro atoms. The first-order valence-electron chi connectivity index (χ1n) is 9.31. The average molecular weight is 406 g/mol. The van der Waals surface area contributed by atoms with E-state index in [2.05, 4.69) is 23.8 Å². The molecule has 2 aromatic rings. The van der Waals surface area contributed by atoms with Crippen LogP contribution in [0.4, 0.5) is 4.79 Å². The maximum absolute atomic E-state index is 11.0. The van der Waals surface area contributed by atoms with Crippen LogP contribution in [0.5, 0.6) is 5.75 Å². The first kappa shape index (κ1) is 22.0. The first-order valence-corrected chi connectivity index (χ1v) is 9.69. The normalized spacial score (nSPS) is 12.7. The van der Waals surface area contributed by atoms with Crippen molar-refractivity contribution in [2.45, 2.75) is 52.6 Å². The van der Waals surface area contributed by atoms with Gasteiger partial charge < -0.3 is 15.2 Å². The zero-order chi connectivity index (χ0) is 20.9. The zero-order valence-corrected chi connectivity index (χ0v) is 17.8. The van der Waals surface area contributed by atoms with Gasteiger partial charge in [-0.15, -0.1) is 0 Å². The molecule has 0 fully saturated rings. The first-order chi connectivity index (χ1) is 13.1. The molecule has 0 radical (unpaired) electrons. The molecule has 1 heterocycles. The topological polar surface area (TPSA) is 87.3 Å². The largest absolute Gasteiger partial charge is 0.492 e. The summed E-state index contributed by atoms with van der Waals surface area (Å²) in [6.45, 7) is 10.2. The molecule has 0 aliphatic rings. The van der Waals surface area contributed by atoms with Crippen LogP contribution in [0.1, 0.15) is 52.8 Å². The summed E-state index contributed by atoms with van der Waals surface area (Å²) in [5.41, 5.74) is 6.19. The molecule has 0 saturated carbocycles. The standard InChI is InChI=1S/C21H28ClN3O3/c1-13(2)19-24-9-8-17(25-19)15-6-7-18(16(22)10-15)27-12-14(3)11-21(4,5)28-20(23)26/h6-10,13-14H,11-12H2,1-5H3,(H2,23,26)/t14-/m0/s1. The molecule has 152 valence electrons. The quantitative estimate of drug-likeness (QED) is 0.652. The van der Waals surface area contributed by atoms with Gasteiger partial charge in [0.15, 0.2) is 0 Å². The predicted octanol–water partition coefficient (Wildman–Crippen LogP) is 5.20. The van der Waals surface area contributed by atoms with E-state index in [0.717, 1.165) is 17.1 Å². The summed E-state index contributed by atoms with van der Waals surface area (Å²) in [5.74, 6) is 1.79. The van der Waals surface area contributed by atoms with Crippen LogP contribution in [0, 0.1) is 5.92 Å². The van der Waals surface area contributed by atoms with E-state index in [0.29, 0.717) is 23.8 Å². The number of ether oxygens (including phenoxy) is 2. The van der Waals surface area contributed by atoms with Crippen LogP contribution in [0.2, 0.25) is 5.02 Å². The number of amides is 1. The van der Waals surface area contributed by atoms with Gasteiger partial charge in [-0.25, -0.2) is 14.8 Å². The van der Waals surface area contributed by atoms with Gasteiger partial charge in [0.25, 0.3) is 0 Å². The van der Waals surface area contributed by atoms with Crippen molar-refractivity contribution < 1.29 is 14.3 Å². The molecule has 28 heavy (non-hydrogen) atoms. The smallest absolute Gasteiger partial charge is 0.405 e. The number of primary amides is 1. The molecule has 1 aromatic carbocycles. The Morgan fingerprint density at radius 3 is 2.57 bits per heavy atom. The highest BCUT2D eigenvalue weighted by molar-refractivity contribution is 6.32. The SMILES string of the molecule is CC(C)c1nccc(-c2ccc(OC[C@@H](C)CC(C)(C)OC(N)=O)c(Cl)c2)n1. The lowest BCUT2D eigenvalue weighted by Crippen LogP contribution is -2.33. The molecule has 6 nitrogen and oxygen atoms in total. The molecular formula is C21H28ClN3O3. The fourth-order valence-electron chi connectivity index (χ4n) is 3.03. The Morgan fingerprint density at radius 2 is 1.96 bits per heavy atom. The van der Waals surface area contributed by atoms with Crippen molar-refractivity contribution in [3.8, 4) is 17.0 Å². The van der Waals surface area contributed by atoms with Crippen molar-refractivity contribution >= 4 is 17.7 Å². The summed E-state index contributed by atoms with van der Waals surface area (Å²) in [4.78, 5) is 19.9. The van der Waals surface area contributed by atoms with Crippen LogP contribution in [-0.4, -0.2) is 28.3 Å². The molecule has 7 heteroatoms. The highest BCUT2D eigenvalue weighted by Gasteiger charge is 2.25. The number of halogens is 1. The van der Waals surface area contributed by atoms with Crippen LogP contribution < -0.4 is 10.5 Å². The fourth-order valence-corrected chi connectivity index (χ4v) is 3.27. The summed E-state index contributed by atoms with van der Waals surface area (Å²) >= 11 is 6.41. The second-order valence-electron chi connectivity index (χ2n) is 7.90. The van der Waals surface area contributed by atoms with Gasteiger partial charge in [-0.3, -0.25) is 0 Å². The van der Waals surface area contributed by atoms with Crippen molar-refractivity contribution in [1.82, 2.24) is 9.97 Å². The van der Waals surface area contributed by atoms with E-state index in [9.17, 15) is 4.79 Å². The second kappa shape index (κ2) is 9.24. The minimum absolute atomic E-state index is 0.139. The van der Waals surface area contributed by atoms with Crippen molar-refractivity contribution in [1.29, 1.82) is 0 Å². The van der Waals surface area contributed by atoms with E-state index >= 15 is 0 Å². The molecule has 2 rings (SSSR count).